The van der Waals surface area contributed by atoms with Crippen molar-refractivity contribution < 1.29 is 14.0 Å². The lowest BCUT2D eigenvalue weighted by molar-refractivity contribution is -0.131. The first-order chi connectivity index (χ1) is 24.0. The summed E-state index contributed by atoms with van der Waals surface area (Å²) < 4.78 is 17.2. The topological polar surface area (TPSA) is 152 Å². The van der Waals surface area contributed by atoms with E-state index in [2.05, 4.69) is 46.1 Å². The molecule has 248 valence electrons. The fourth-order valence-corrected chi connectivity index (χ4v) is 5.78. The molecule has 15 heteroatoms. The van der Waals surface area contributed by atoms with Crippen molar-refractivity contribution in [2.45, 2.75) is 25.9 Å². The van der Waals surface area contributed by atoms with Crippen molar-refractivity contribution in [2.75, 3.05) is 36.4 Å². The van der Waals surface area contributed by atoms with Gasteiger partial charge in [-0.25, -0.2) is 28.5 Å². The van der Waals surface area contributed by atoms with E-state index < -0.39 is 11.8 Å². The van der Waals surface area contributed by atoms with Crippen LogP contribution in [0.25, 0.3) is 16.9 Å². The number of rotatable bonds is 10. The van der Waals surface area contributed by atoms with Gasteiger partial charge in [-0.05, 0) is 35.7 Å². The third-order valence-electron chi connectivity index (χ3n) is 8.33. The predicted octanol–water partition coefficient (Wildman–Crippen LogP) is 3.59. The number of para-hydroxylation sites is 2. The monoisotopic (exact) mass is 660 g/mol. The van der Waals surface area contributed by atoms with Gasteiger partial charge in [0.05, 0.1) is 30.7 Å². The quantitative estimate of drug-likeness (QED) is 0.225. The molecule has 1 saturated heterocycles. The van der Waals surface area contributed by atoms with Crippen LogP contribution >= 0.6 is 0 Å². The first-order valence-electron chi connectivity index (χ1n) is 15.9. The van der Waals surface area contributed by atoms with Gasteiger partial charge >= 0.3 is 6.03 Å². The zero-order valence-corrected chi connectivity index (χ0v) is 26.5. The van der Waals surface area contributed by atoms with Crippen molar-refractivity contribution in [3.8, 4) is 5.69 Å². The van der Waals surface area contributed by atoms with Crippen LogP contribution in [0.3, 0.4) is 0 Å². The van der Waals surface area contributed by atoms with E-state index in [1.807, 2.05) is 59.5 Å². The number of hydrogen-bond acceptors (Lipinski definition) is 9. The molecule has 0 aliphatic carbocycles. The third kappa shape index (κ3) is 7.20. The molecule has 0 bridgehead atoms. The maximum absolute atomic E-state index is 13.8. The number of aromatic nitrogens is 8. The lowest BCUT2D eigenvalue weighted by atomic mass is 10.1. The molecule has 1 aliphatic rings. The normalized spacial score (nSPS) is 13.1. The first-order valence-corrected chi connectivity index (χ1v) is 15.9. The Hall–Kier alpha value is -6.25. The van der Waals surface area contributed by atoms with Crippen LogP contribution in [0.1, 0.15) is 23.2 Å². The molecule has 2 N–H and O–H groups in total. The predicted molar refractivity (Wildman–Crippen MR) is 179 cm³/mol. The SMILES string of the molecule is O=C(NCc1cn(-c2ccccc2CCC(=O)N2CCN(c3ncnc4c3nnn4Cc3ccccc3)CC2)nn1)Nc1ccccc1F. The fraction of sp³-hybridized carbons (Fsp3) is 0.235. The minimum absolute atomic E-state index is 0.0698. The smallest absolute Gasteiger partial charge is 0.319 e. The van der Waals surface area contributed by atoms with E-state index in [-0.39, 0.29) is 18.1 Å². The number of anilines is 2. The van der Waals surface area contributed by atoms with E-state index in [0.29, 0.717) is 62.4 Å². The second-order valence-electron chi connectivity index (χ2n) is 11.5. The highest BCUT2D eigenvalue weighted by Crippen LogP contribution is 2.23. The van der Waals surface area contributed by atoms with Gasteiger partial charge < -0.3 is 20.4 Å². The van der Waals surface area contributed by atoms with Crippen LogP contribution in [0.5, 0.6) is 0 Å². The van der Waals surface area contributed by atoms with Crippen LogP contribution in [-0.2, 0) is 24.3 Å². The molecule has 0 unspecified atom stereocenters. The molecule has 0 radical (unpaired) electrons. The Labute approximate surface area is 280 Å². The molecule has 6 aromatic rings. The van der Waals surface area contributed by atoms with Gasteiger partial charge in [0, 0.05) is 32.6 Å². The zero-order valence-electron chi connectivity index (χ0n) is 26.5. The summed E-state index contributed by atoms with van der Waals surface area (Å²) in [4.78, 5) is 38.5. The van der Waals surface area contributed by atoms with Gasteiger partial charge in [0.2, 0.25) is 5.91 Å². The highest BCUT2D eigenvalue weighted by atomic mass is 19.1. The maximum Gasteiger partial charge on any atom is 0.319 e. The number of urea groups is 1. The number of amides is 3. The van der Waals surface area contributed by atoms with Crippen molar-refractivity contribution in [2.24, 2.45) is 0 Å². The fourth-order valence-electron chi connectivity index (χ4n) is 5.78. The number of hydrogen-bond donors (Lipinski definition) is 2. The number of piperazine rings is 1. The largest absolute Gasteiger partial charge is 0.351 e. The third-order valence-corrected chi connectivity index (χ3v) is 8.33. The van der Waals surface area contributed by atoms with Crippen molar-refractivity contribution in [1.82, 2.24) is 50.2 Å². The molecule has 1 fully saturated rings. The van der Waals surface area contributed by atoms with E-state index in [1.165, 1.54) is 18.5 Å². The first kappa shape index (κ1) is 31.4. The van der Waals surface area contributed by atoms with E-state index in [9.17, 15) is 14.0 Å². The van der Waals surface area contributed by atoms with Gasteiger partial charge in [0.1, 0.15) is 17.8 Å². The molecule has 0 saturated carbocycles. The van der Waals surface area contributed by atoms with Gasteiger partial charge in [-0.1, -0.05) is 71.1 Å². The van der Waals surface area contributed by atoms with E-state index >= 15 is 0 Å². The number of nitrogens with zero attached hydrogens (tertiary/aromatic N) is 10. The average molecular weight is 661 g/mol. The van der Waals surface area contributed by atoms with Gasteiger partial charge in [-0.15, -0.1) is 10.2 Å². The molecule has 0 spiro atoms. The Kier molecular flexibility index (Phi) is 9.12. The lowest BCUT2D eigenvalue weighted by Crippen LogP contribution is -2.49. The van der Waals surface area contributed by atoms with Crippen LogP contribution in [0.15, 0.2) is 91.4 Å². The second-order valence-corrected chi connectivity index (χ2v) is 11.5. The molecule has 3 aromatic heterocycles. The highest BCUT2D eigenvalue weighted by Gasteiger charge is 2.25. The van der Waals surface area contributed by atoms with Crippen molar-refractivity contribution >= 4 is 34.6 Å². The molecule has 3 aromatic carbocycles. The summed E-state index contributed by atoms with van der Waals surface area (Å²) in [5.74, 6) is 0.268. The summed E-state index contributed by atoms with van der Waals surface area (Å²) in [5.41, 5.74) is 4.77. The van der Waals surface area contributed by atoms with Crippen LogP contribution in [0, 0.1) is 5.82 Å². The standard InChI is InChI=1S/C34H33FN12O2/c35-27-11-5-6-12-28(27)39-34(49)36-20-26-22-46(42-40-26)29-13-7-4-10-25(29)14-15-30(48)44-16-18-45(19-17-44)32-31-33(38-23-37-32)47(43-41-31)21-24-8-2-1-3-9-24/h1-13,22-23H,14-21H2,(H2,36,39,49). The van der Waals surface area contributed by atoms with Gasteiger partial charge in [0.15, 0.2) is 17.0 Å². The molecule has 3 amide bonds. The molecule has 7 rings (SSSR count). The Morgan fingerprint density at radius 2 is 1.61 bits per heavy atom. The highest BCUT2D eigenvalue weighted by molar-refractivity contribution is 5.89. The number of carbonyl (C=O) groups excluding carboxylic acids is 2. The number of halogens is 1. The molecular formula is C34H33FN12O2. The Morgan fingerprint density at radius 3 is 2.45 bits per heavy atom. The number of nitrogens with one attached hydrogen (secondary N) is 2. The van der Waals surface area contributed by atoms with E-state index in [0.717, 1.165) is 22.6 Å². The number of benzene rings is 3. The average Bonchev–Trinajstić information content (AvgIpc) is 3.79. The summed E-state index contributed by atoms with van der Waals surface area (Å²) in [6.07, 6.45) is 4.11. The summed E-state index contributed by atoms with van der Waals surface area (Å²) in [5, 5.41) is 22.3. The van der Waals surface area contributed by atoms with Crippen LogP contribution < -0.4 is 15.5 Å². The number of carbonyl (C=O) groups is 2. The van der Waals surface area contributed by atoms with Crippen molar-refractivity contribution in [1.29, 1.82) is 0 Å². The lowest BCUT2D eigenvalue weighted by Gasteiger charge is -2.35. The van der Waals surface area contributed by atoms with Gasteiger partial charge in [-0.3, -0.25) is 4.79 Å². The molecule has 4 heterocycles. The molecule has 0 atom stereocenters. The molecule has 1 aliphatic heterocycles. The van der Waals surface area contributed by atoms with Gasteiger partial charge in [-0.2, -0.15) is 0 Å². The van der Waals surface area contributed by atoms with E-state index in [1.54, 1.807) is 27.7 Å². The minimum atomic E-state index is -0.559. The van der Waals surface area contributed by atoms with Crippen LogP contribution in [-0.4, -0.2) is 83.0 Å². The Morgan fingerprint density at radius 1 is 0.837 bits per heavy atom. The van der Waals surface area contributed by atoms with Crippen LogP contribution in [0.2, 0.25) is 0 Å². The molecular weight excluding hydrogens is 627 g/mol. The summed E-state index contributed by atoms with van der Waals surface area (Å²) in [7, 11) is 0. The molecule has 14 nitrogen and oxygen atoms in total. The number of fused-ring (bicyclic) bond motifs is 1. The minimum Gasteiger partial charge on any atom is -0.351 e. The van der Waals surface area contributed by atoms with Crippen LogP contribution in [0.4, 0.5) is 20.7 Å². The van der Waals surface area contributed by atoms with Gasteiger partial charge in [0.25, 0.3) is 0 Å². The summed E-state index contributed by atoms with van der Waals surface area (Å²) in [6.45, 7) is 3.02. The summed E-state index contributed by atoms with van der Waals surface area (Å²) >= 11 is 0. The molecule has 49 heavy (non-hydrogen) atoms. The van der Waals surface area contributed by atoms with Crippen molar-refractivity contribution in [3.63, 3.8) is 0 Å². The number of aryl methyl sites for hydroxylation is 1. The van der Waals surface area contributed by atoms with Crippen molar-refractivity contribution in [3.05, 3.63) is 114 Å². The Bertz CT molecular complexity index is 2070. The zero-order chi connectivity index (χ0) is 33.6. The maximum atomic E-state index is 13.8. The van der Waals surface area contributed by atoms with E-state index in [4.69, 9.17) is 0 Å². The second kappa shape index (κ2) is 14.3. The summed E-state index contributed by atoms with van der Waals surface area (Å²) in [6, 6.07) is 23.1. The Balaban J connectivity index is 0.925.